The summed E-state index contributed by atoms with van der Waals surface area (Å²) in [5, 5.41) is 3.14. The quantitative estimate of drug-likeness (QED) is 0.726. The fourth-order valence-corrected chi connectivity index (χ4v) is 3.15. The third kappa shape index (κ3) is 4.19. The minimum absolute atomic E-state index is 0.157. The van der Waals surface area contributed by atoms with E-state index in [0.717, 1.165) is 12.2 Å². The van der Waals surface area contributed by atoms with Crippen LogP contribution in [-0.2, 0) is 19.8 Å². The lowest BCUT2D eigenvalue weighted by Crippen LogP contribution is -2.02. The molecule has 0 aromatic carbocycles. The van der Waals surface area contributed by atoms with Gasteiger partial charge < -0.3 is 18.8 Å². The van der Waals surface area contributed by atoms with Crippen LogP contribution in [0, 0.1) is 0 Å². The second-order valence-corrected chi connectivity index (χ2v) is 5.45. The molecule has 0 radical (unpaired) electrons. The van der Waals surface area contributed by atoms with Crippen molar-refractivity contribution in [1.82, 2.24) is 0 Å². The molecule has 0 unspecified atom stereocenters. The zero-order valence-electron chi connectivity index (χ0n) is 10.6. The molecule has 1 aromatic heterocycles. The van der Waals surface area contributed by atoms with Gasteiger partial charge in [0.05, 0.1) is 25.2 Å². The van der Waals surface area contributed by atoms with Crippen molar-refractivity contribution in [3.8, 4) is 0 Å². The minimum Gasteiger partial charge on any atom is -0.466 e. The van der Waals surface area contributed by atoms with E-state index in [0.29, 0.717) is 19.0 Å². The molecule has 0 amide bonds. The third-order valence-corrected chi connectivity index (χ3v) is 4.08. The van der Waals surface area contributed by atoms with E-state index < -0.39 is 7.60 Å². The molecule has 6 heteroatoms. The van der Waals surface area contributed by atoms with Gasteiger partial charge in [-0.2, -0.15) is 0 Å². The molecule has 0 aliphatic rings. The Balaban J connectivity index is 2.78. The van der Waals surface area contributed by atoms with Crippen molar-refractivity contribution in [3.63, 3.8) is 0 Å². The highest BCUT2D eigenvalue weighted by atomic mass is 31.2. The van der Waals surface area contributed by atoms with Crippen molar-refractivity contribution in [3.05, 3.63) is 18.1 Å². The predicted molar refractivity (Wildman–Crippen MR) is 67.4 cm³/mol. The summed E-state index contributed by atoms with van der Waals surface area (Å²) in [6.45, 7) is 7.06. The highest BCUT2D eigenvalue weighted by Crippen LogP contribution is 2.52. The lowest BCUT2D eigenvalue weighted by Gasteiger charge is -2.16. The maximum Gasteiger partial charge on any atom is 0.338 e. The van der Waals surface area contributed by atoms with Gasteiger partial charge in [0.1, 0.15) is 11.9 Å². The summed E-state index contributed by atoms with van der Waals surface area (Å²) in [6.07, 6.45) is 1.72. The van der Waals surface area contributed by atoms with Crippen LogP contribution in [0.5, 0.6) is 0 Å². The average Bonchev–Trinajstić information content (AvgIpc) is 2.66. The number of rotatable bonds is 8. The third-order valence-electron chi connectivity index (χ3n) is 2.10. The van der Waals surface area contributed by atoms with Gasteiger partial charge in [-0.3, -0.25) is 4.57 Å². The van der Waals surface area contributed by atoms with Crippen molar-refractivity contribution in [1.29, 1.82) is 0 Å². The summed E-state index contributed by atoms with van der Waals surface area (Å²) in [5.74, 6) is 0.608. The molecule has 1 aromatic rings. The Hall–Kier alpha value is -0.770. The molecule has 17 heavy (non-hydrogen) atoms. The Morgan fingerprint density at radius 1 is 1.29 bits per heavy atom. The van der Waals surface area contributed by atoms with Crippen LogP contribution in [0.2, 0.25) is 0 Å². The topological polar surface area (TPSA) is 60.7 Å². The average molecular weight is 261 g/mol. The number of hydrogen-bond acceptors (Lipinski definition) is 5. The van der Waals surface area contributed by atoms with Gasteiger partial charge in [-0.1, -0.05) is 0 Å². The van der Waals surface area contributed by atoms with Crippen LogP contribution in [0.1, 0.15) is 26.5 Å². The zero-order valence-corrected chi connectivity index (χ0v) is 11.5. The van der Waals surface area contributed by atoms with E-state index in [2.05, 4.69) is 5.32 Å². The second kappa shape index (κ2) is 6.84. The number of anilines is 1. The standard InChI is InChI=1S/C11H20NO4P/c1-4-12-10-7-8-14-11(10)9-17(13,15-5-2)16-6-3/h7-8,12H,4-6,9H2,1-3H3. The molecule has 1 N–H and O–H groups in total. The van der Waals surface area contributed by atoms with Crippen molar-refractivity contribution in [2.75, 3.05) is 25.1 Å². The predicted octanol–water partition coefficient (Wildman–Crippen LogP) is 3.48. The zero-order chi connectivity index (χ0) is 12.7. The minimum atomic E-state index is -3.09. The molecule has 0 aliphatic carbocycles. The van der Waals surface area contributed by atoms with Gasteiger partial charge in [-0.25, -0.2) is 0 Å². The van der Waals surface area contributed by atoms with Crippen LogP contribution >= 0.6 is 7.60 Å². The highest BCUT2D eigenvalue weighted by molar-refractivity contribution is 7.53. The summed E-state index contributed by atoms with van der Waals surface area (Å²) < 4.78 is 28.1. The lowest BCUT2D eigenvalue weighted by atomic mass is 10.4. The summed E-state index contributed by atoms with van der Waals surface area (Å²) in [5.41, 5.74) is 0.840. The fraction of sp³-hybridized carbons (Fsp3) is 0.636. The van der Waals surface area contributed by atoms with Crippen molar-refractivity contribution in [2.45, 2.75) is 26.9 Å². The molecule has 1 heterocycles. The Morgan fingerprint density at radius 3 is 2.47 bits per heavy atom. The molecule has 0 saturated carbocycles. The smallest absolute Gasteiger partial charge is 0.338 e. The van der Waals surface area contributed by atoms with E-state index in [-0.39, 0.29) is 6.16 Å². The monoisotopic (exact) mass is 261 g/mol. The van der Waals surface area contributed by atoms with E-state index in [9.17, 15) is 4.57 Å². The van der Waals surface area contributed by atoms with Gasteiger partial charge in [0, 0.05) is 6.54 Å². The SMILES string of the molecule is CCNc1ccoc1CP(=O)(OCC)OCC. The molecule has 5 nitrogen and oxygen atoms in total. The Labute approximate surface area is 102 Å². The van der Waals surface area contributed by atoms with E-state index in [1.54, 1.807) is 26.2 Å². The molecule has 0 aliphatic heterocycles. The van der Waals surface area contributed by atoms with Gasteiger partial charge in [-0.15, -0.1) is 0 Å². The van der Waals surface area contributed by atoms with E-state index in [1.807, 2.05) is 6.92 Å². The normalized spacial score (nSPS) is 11.7. The first-order chi connectivity index (χ1) is 8.15. The Morgan fingerprint density at radius 2 is 1.94 bits per heavy atom. The summed E-state index contributed by atoms with van der Waals surface area (Å²) in [7, 11) is -3.09. The maximum atomic E-state index is 12.3. The van der Waals surface area contributed by atoms with Gasteiger partial charge in [-0.05, 0) is 26.8 Å². The van der Waals surface area contributed by atoms with Crippen molar-refractivity contribution >= 4 is 13.3 Å². The molecular weight excluding hydrogens is 241 g/mol. The van der Waals surface area contributed by atoms with Crippen LogP contribution < -0.4 is 5.32 Å². The van der Waals surface area contributed by atoms with E-state index >= 15 is 0 Å². The van der Waals surface area contributed by atoms with E-state index in [1.165, 1.54) is 0 Å². The molecule has 98 valence electrons. The van der Waals surface area contributed by atoms with Crippen LogP contribution in [-0.4, -0.2) is 19.8 Å². The van der Waals surface area contributed by atoms with Gasteiger partial charge in [0.25, 0.3) is 0 Å². The number of nitrogens with one attached hydrogen (secondary N) is 1. The number of hydrogen-bond donors (Lipinski definition) is 1. The molecule has 1 rings (SSSR count). The molecule has 0 spiro atoms. The Bertz CT molecular complexity index is 367. The fourth-order valence-electron chi connectivity index (χ4n) is 1.51. The van der Waals surface area contributed by atoms with Gasteiger partial charge in [0.2, 0.25) is 0 Å². The largest absolute Gasteiger partial charge is 0.466 e. The second-order valence-electron chi connectivity index (χ2n) is 3.39. The van der Waals surface area contributed by atoms with E-state index in [4.69, 9.17) is 13.5 Å². The molecule has 0 bridgehead atoms. The first-order valence-electron chi connectivity index (χ1n) is 5.83. The molecule has 0 fully saturated rings. The first-order valence-corrected chi connectivity index (χ1v) is 7.56. The van der Waals surface area contributed by atoms with Crippen molar-refractivity contribution < 1.29 is 18.0 Å². The number of furan rings is 1. The molecule has 0 saturated heterocycles. The summed E-state index contributed by atoms with van der Waals surface area (Å²) >= 11 is 0. The highest BCUT2D eigenvalue weighted by Gasteiger charge is 2.27. The summed E-state index contributed by atoms with van der Waals surface area (Å²) in [6, 6.07) is 1.81. The molecular formula is C11H20NO4P. The summed E-state index contributed by atoms with van der Waals surface area (Å²) in [4.78, 5) is 0. The van der Waals surface area contributed by atoms with Gasteiger partial charge >= 0.3 is 7.60 Å². The Kier molecular flexibility index (Phi) is 5.75. The lowest BCUT2D eigenvalue weighted by molar-refractivity contribution is 0.217. The van der Waals surface area contributed by atoms with Gasteiger partial charge in [0.15, 0.2) is 0 Å². The van der Waals surface area contributed by atoms with Crippen LogP contribution in [0.25, 0.3) is 0 Å². The first kappa shape index (κ1) is 14.3. The maximum absolute atomic E-state index is 12.3. The van der Waals surface area contributed by atoms with Crippen LogP contribution in [0.3, 0.4) is 0 Å². The van der Waals surface area contributed by atoms with Crippen molar-refractivity contribution in [2.24, 2.45) is 0 Å². The van der Waals surface area contributed by atoms with Crippen LogP contribution in [0.4, 0.5) is 5.69 Å². The van der Waals surface area contributed by atoms with Crippen LogP contribution in [0.15, 0.2) is 16.7 Å². The molecule has 0 atom stereocenters.